The Balaban J connectivity index is 1.31. The predicted octanol–water partition coefficient (Wildman–Crippen LogP) is 3.61. The van der Waals surface area contributed by atoms with E-state index < -0.39 is 0 Å². The molecule has 1 amide bonds. The number of likely N-dealkylation sites (N-methyl/N-ethyl adjacent to an activating group) is 1. The SMILES string of the molecule is Cc1cccc(OCCCCC(=O)NCc2cccc(CN3CCN(C)CC3)c2)c1. The van der Waals surface area contributed by atoms with E-state index in [0.29, 0.717) is 19.6 Å². The molecular weight excluding hydrogens is 374 g/mol. The van der Waals surface area contributed by atoms with Crippen molar-refractivity contribution >= 4 is 5.91 Å². The summed E-state index contributed by atoms with van der Waals surface area (Å²) in [5, 5.41) is 3.05. The van der Waals surface area contributed by atoms with Crippen LogP contribution in [0.2, 0.25) is 0 Å². The Morgan fingerprint density at radius 2 is 1.77 bits per heavy atom. The molecule has 0 unspecified atom stereocenters. The van der Waals surface area contributed by atoms with Gasteiger partial charge in [0.05, 0.1) is 6.61 Å². The van der Waals surface area contributed by atoms with E-state index in [0.717, 1.165) is 56.9 Å². The van der Waals surface area contributed by atoms with Crippen molar-refractivity contribution in [1.82, 2.24) is 15.1 Å². The van der Waals surface area contributed by atoms with Gasteiger partial charge in [-0.25, -0.2) is 0 Å². The summed E-state index contributed by atoms with van der Waals surface area (Å²) < 4.78 is 5.74. The molecule has 0 radical (unpaired) electrons. The molecule has 0 aromatic heterocycles. The fraction of sp³-hybridized carbons (Fsp3) is 0.480. The van der Waals surface area contributed by atoms with Crippen molar-refractivity contribution in [2.75, 3.05) is 39.8 Å². The molecular formula is C25H35N3O2. The molecule has 3 rings (SSSR count). The molecule has 0 bridgehead atoms. The average Bonchev–Trinajstić information content (AvgIpc) is 2.74. The standard InChI is InChI=1S/C25H35N3O2/c1-21-7-5-10-24(17-21)30-16-4-3-11-25(29)26-19-22-8-6-9-23(18-22)20-28-14-12-27(2)13-15-28/h5-10,17-18H,3-4,11-16,19-20H2,1-2H3,(H,26,29). The number of ether oxygens (including phenoxy) is 1. The van der Waals surface area contributed by atoms with Crippen LogP contribution in [-0.2, 0) is 17.9 Å². The van der Waals surface area contributed by atoms with Crippen LogP contribution in [0.4, 0.5) is 0 Å². The largest absolute Gasteiger partial charge is 0.494 e. The summed E-state index contributed by atoms with van der Waals surface area (Å²) in [5.74, 6) is 1.01. The first-order chi connectivity index (χ1) is 14.6. The maximum Gasteiger partial charge on any atom is 0.220 e. The highest BCUT2D eigenvalue weighted by molar-refractivity contribution is 5.75. The van der Waals surface area contributed by atoms with Crippen LogP contribution in [0.5, 0.6) is 5.75 Å². The number of carbonyl (C=O) groups excluding carboxylic acids is 1. The Morgan fingerprint density at radius 1 is 1.00 bits per heavy atom. The van der Waals surface area contributed by atoms with Gasteiger partial charge in [0.1, 0.15) is 5.75 Å². The van der Waals surface area contributed by atoms with Gasteiger partial charge in [-0.1, -0.05) is 36.4 Å². The second-order valence-corrected chi connectivity index (χ2v) is 8.30. The van der Waals surface area contributed by atoms with Crippen LogP contribution >= 0.6 is 0 Å². The molecule has 0 saturated carbocycles. The number of aryl methyl sites for hydroxylation is 1. The van der Waals surface area contributed by atoms with Crippen LogP contribution in [-0.4, -0.2) is 55.5 Å². The van der Waals surface area contributed by atoms with E-state index in [4.69, 9.17) is 4.74 Å². The lowest BCUT2D eigenvalue weighted by Gasteiger charge is -2.32. The number of carbonyl (C=O) groups is 1. The lowest BCUT2D eigenvalue weighted by molar-refractivity contribution is -0.121. The molecule has 5 nitrogen and oxygen atoms in total. The molecule has 1 aliphatic rings. The lowest BCUT2D eigenvalue weighted by Crippen LogP contribution is -2.43. The summed E-state index contributed by atoms with van der Waals surface area (Å²) in [6.07, 6.45) is 2.25. The Kier molecular flexibility index (Phi) is 8.72. The van der Waals surface area contributed by atoms with Crippen molar-refractivity contribution in [2.24, 2.45) is 0 Å². The molecule has 0 atom stereocenters. The van der Waals surface area contributed by atoms with Gasteiger partial charge in [-0.05, 0) is 55.6 Å². The van der Waals surface area contributed by atoms with Crippen molar-refractivity contribution < 1.29 is 9.53 Å². The van der Waals surface area contributed by atoms with Crippen molar-refractivity contribution in [3.63, 3.8) is 0 Å². The summed E-state index contributed by atoms with van der Waals surface area (Å²) in [7, 11) is 2.18. The third-order valence-corrected chi connectivity index (χ3v) is 5.54. The second kappa shape index (κ2) is 11.7. The maximum absolute atomic E-state index is 12.2. The molecule has 30 heavy (non-hydrogen) atoms. The predicted molar refractivity (Wildman–Crippen MR) is 122 cm³/mol. The molecule has 2 aromatic rings. The van der Waals surface area contributed by atoms with Crippen molar-refractivity contribution in [3.8, 4) is 5.75 Å². The van der Waals surface area contributed by atoms with Crippen LogP contribution in [0.15, 0.2) is 48.5 Å². The number of nitrogens with one attached hydrogen (secondary N) is 1. The van der Waals surface area contributed by atoms with Crippen molar-refractivity contribution in [3.05, 3.63) is 65.2 Å². The topological polar surface area (TPSA) is 44.8 Å². The van der Waals surface area contributed by atoms with Gasteiger partial charge in [0.25, 0.3) is 0 Å². The first-order valence-electron chi connectivity index (χ1n) is 11.0. The quantitative estimate of drug-likeness (QED) is 0.609. The minimum absolute atomic E-state index is 0.107. The van der Waals surface area contributed by atoms with E-state index in [1.54, 1.807) is 0 Å². The van der Waals surface area contributed by atoms with E-state index >= 15 is 0 Å². The van der Waals surface area contributed by atoms with Gasteiger partial charge in [-0.15, -0.1) is 0 Å². The molecule has 1 heterocycles. The number of hydrogen-bond acceptors (Lipinski definition) is 4. The highest BCUT2D eigenvalue weighted by Gasteiger charge is 2.13. The number of nitrogens with zero attached hydrogens (tertiary/aromatic N) is 2. The second-order valence-electron chi connectivity index (χ2n) is 8.30. The molecule has 1 saturated heterocycles. The number of unbranched alkanes of at least 4 members (excludes halogenated alkanes) is 1. The normalized spacial score (nSPS) is 15.1. The molecule has 1 N–H and O–H groups in total. The van der Waals surface area contributed by atoms with Gasteiger partial charge in [0.15, 0.2) is 0 Å². The first kappa shape index (κ1) is 22.3. The Bertz CT molecular complexity index is 800. The number of amides is 1. The summed E-state index contributed by atoms with van der Waals surface area (Å²) in [5.41, 5.74) is 3.68. The Morgan fingerprint density at radius 3 is 2.57 bits per heavy atom. The lowest BCUT2D eigenvalue weighted by atomic mass is 10.1. The molecule has 5 heteroatoms. The van der Waals surface area contributed by atoms with Crippen LogP contribution in [0, 0.1) is 6.92 Å². The van der Waals surface area contributed by atoms with Crippen LogP contribution in [0.25, 0.3) is 0 Å². The van der Waals surface area contributed by atoms with Crippen molar-refractivity contribution in [2.45, 2.75) is 39.3 Å². The third kappa shape index (κ3) is 7.81. The van der Waals surface area contributed by atoms with E-state index in [9.17, 15) is 4.79 Å². The van der Waals surface area contributed by atoms with Gasteiger partial charge in [0, 0.05) is 45.7 Å². The van der Waals surface area contributed by atoms with E-state index in [-0.39, 0.29) is 5.91 Å². The van der Waals surface area contributed by atoms with Crippen molar-refractivity contribution in [1.29, 1.82) is 0 Å². The van der Waals surface area contributed by atoms with Crippen LogP contribution < -0.4 is 10.1 Å². The first-order valence-corrected chi connectivity index (χ1v) is 11.0. The zero-order valence-corrected chi connectivity index (χ0v) is 18.4. The fourth-order valence-corrected chi connectivity index (χ4v) is 3.67. The highest BCUT2D eigenvalue weighted by Crippen LogP contribution is 2.13. The number of benzene rings is 2. The molecule has 1 aliphatic heterocycles. The van der Waals surface area contributed by atoms with E-state index in [1.165, 1.54) is 11.1 Å². The summed E-state index contributed by atoms with van der Waals surface area (Å²) >= 11 is 0. The highest BCUT2D eigenvalue weighted by atomic mass is 16.5. The molecule has 1 fully saturated rings. The summed E-state index contributed by atoms with van der Waals surface area (Å²) in [6.45, 7) is 8.77. The molecule has 162 valence electrons. The van der Waals surface area contributed by atoms with Crippen LogP contribution in [0.1, 0.15) is 36.0 Å². The van der Waals surface area contributed by atoms with E-state index in [1.807, 2.05) is 18.2 Å². The number of piperazine rings is 1. The Labute approximate surface area is 181 Å². The molecule has 0 spiro atoms. The van der Waals surface area contributed by atoms with Gasteiger partial charge >= 0.3 is 0 Å². The maximum atomic E-state index is 12.2. The van der Waals surface area contributed by atoms with Crippen LogP contribution in [0.3, 0.4) is 0 Å². The number of rotatable bonds is 10. The average molecular weight is 410 g/mol. The number of hydrogen-bond donors (Lipinski definition) is 1. The van der Waals surface area contributed by atoms with Gasteiger partial charge in [-0.2, -0.15) is 0 Å². The van der Waals surface area contributed by atoms with Gasteiger partial charge < -0.3 is 15.0 Å². The fourth-order valence-electron chi connectivity index (χ4n) is 3.67. The third-order valence-electron chi connectivity index (χ3n) is 5.54. The minimum Gasteiger partial charge on any atom is -0.494 e. The minimum atomic E-state index is 0.107. The van der Waals surface area contributed by atoms with Gasteiger partial charge in [0.2, 0.25) is 5.91 Å². The summed E-state index contributed by atoms with van der Waals surface area (Å²) in [4.78, 5) is 17.0. The Hall–Kier alpha value is -2.37. The zero-order chi connectivity index (χ0) is 21.2. The van der Waals surface area contributed by atoms with Gasteiger partial charge in [-0.3, -0.25) is 9.69 Å². The summed E-state index contributed by atoms with van der Waals surface area (Å²) in [6, 6.07) is 16.6. The molecule has 2 aromatic carbocycles. The monoisotopic (exact) mass is 409 g/mol. The van der Waals surface area contributed by atoms with E-state index in [2.05, 4.69) is 59.4 Å². The smallest absolute Gasteiger partial charge is 0.220 e. The zero-order valence-electron chi connectivity index (χ0n) is 18.4. The molecule has 0 aliphatic carbocycles.